The lowest BCUT2D eigenvalue weighted by Gasteiger charge is -2.38. The Morgan fingerprint density at radius 3 is 2.09 bits per heavy atom. The molecule has 1 aromatic carbocycles. The Hall–Kier alpha value is -1.39. The van der Waals surface area contributed by atoms with Crippen LogP contribution in [-0.4, -0.2) is 68.4 Å². The van der Waals surface area contributed by atoms with Gasteiger partial charge in [-0.2, -0.15) is 0 Å². The van der Waals surface area contributed by atoms with E-state index in [9.17, 15) is 4.79 Å². The molecule has 0 aliphatic carbocycles. The average molecular weight is 317 g/mol. The summed E-state index contributed by atoms with van der Waals surface area (Å²) in [6.45, 7) is 9.23. The van der Waals surface area contributed by atoms with E-state index < -0.39 is 0 Å². The molecule has 0 amide bonds. The molecule has 1 aromatic rings. The van der Waals surface area contributed by atoms with E-state index in [0.717, 1.165) is 37.4 Å². The molecule has 2 rings (SSSR count). The maximum Gasteiger partial charge on any atom is 0.176 e. The highest BCUT2D eigenvalue weighted by molar-refractivity contribution is 5.97. The van der Waals surface area contributed by atoms with E-state index in [1.807, 2.05) is 43.3 Å². The van der Waals surface area contributed by atoms with E-state index in [2.05, 4.69) is 23.6 Å². The van der Waals surface area contributed by atoms with Gasteiger partial charge in [-0.15, -0.1) is 0 Å². The van der Waals surface area contributed by atoms with Crippen LogP contribution in [0.2, 0.25) is 0 Å². The lowest BCUT2D eigenvalue weighted by molar-refractivity contribution is 0.0753. The molecular formula is C19H31N3O. The molecule has 0 aromatic heterocycles. The van der Waals surface area contributed by atoms with Gasteiger partial charge < -0.3 is 4.90 Å². The standard InChI is InChI=1S/C19H31N3O/c1-5-17(6-2)22-13-11-21(12-14-22)15-19(23)16-7-9-18(10-8-16)20(3)4/h7-10,17H,5-6,11-15H2,1-4H3. The molecule has 1 saturated heterocycles. The van der Waals surface area contributed by atoms with Crippen molar-refractivity contribution < 1.29 is 4.79 Å². The lowest BCUT2D eigenvalue weighted by Crippen LogP contribution is -2.51. The summed E-state index contributed by atoms with van der Waals surface area (Å²) in [6, 6.07) is 8.61. The Labute approximate surface area is 141 Å². The van der Waals surface area contributed by atoms with Gasteiger partial charge in [-0.3, -0.25) is 14.6 Å². The molecule has 128 valence electrons. The number of ketones is 1. The molecule has 23 heavy (non-hydrogen) atoms. The van der Waals surface area contributed by atoms with Crippen LogP contribution in [0.25, 0.3) is 0 Å². The fourth-order valence-corrected chi connectivity index (χ4v) is 3.33. The van der Waals surface area contributed by atoms with Crippen LogP contribution >= 0.6 is 0 Å². The normalized spacial score (nSPS) is 16.7. The second kappa shape index (κ2) is 8.46. The molecule has 1 heterocycles. The Balaban J connectivity index is 1.85. The van der Waals surface area contributed by atoms with Crippen molar-refractivity contribution in [3.63, 3.8) is 0 Å². The molecule has 1 fully saturated rings. The smallest absolute Gasteiger partial charge is 0.176 e. The molecule has 1 aliphatic heterocycles. The van der Waals surface area contributed by atoms with Gasteiger partial charge in [-0.05, 0) is 37.1 Å². The monoisotopic (exact) mass is 317 g/mol. The van der Waals surface area contributed by atoms with Crippen molar-refractivity contribution in [3.8, 4) is 0 Å². The number of piperazine rings is 1. The minimum atomic E-state index is 0.228. The van der Waals surface area contributed by atoms with Gasteiger partial charge in [-0.1, -0.05) is 13.8 Å². The van der Waals surface area contributed by atoms with Crippen molar-refractivity contribution in [2.24, 2.45) is 0 Å². The van der Waals surface area contributed by atoms with Crippen molar-refractivity contribution in [2.75, 3.05) is 51.7 Å². The SMILES string of the molecule is CCC(CC)N1CCN(CC(=O)c2ccc(N(C)C)cc2)CC1. The summed E-state index contributed by atoms with van der Waals surface area (Å²) < 4.78 is 0. The fraction of sp³-hybridized carbons (Fsp3) is 0.632. The first-order chi connectivity index (χ1) is 11.0. The zero-order valence-corrected chi connectivity index (χ0v) is 15.1. The second-order valence-electron chi connectivity index (χ2n) is 6.65. The van der Waals surface area contributed by atoms with E-state index >= 15 is 0 Å². The molecule has 0 radical (unpaired) electrons. The Morgan fingerprint density at radius 2 is 1.61 bits per heavy atom. The lowest BCUT2D eigenvalue weighted by atomic mass is 10.1. The molecule has 1 aliphatic rings. The molecule has 0 bridgehead atoms. The first-order valence-electron chi connectivity index (χ1n) is 8.82. The number of benzene rings is 1. The summed E-state index contributed by atoms with van der Waals surface area (Å²) >= 11 is 0. The molecule has 0 N–H and O–H groups in total. The Kier molecular flexibility index (Phi) is 6.60. The van der Waals surface area contributed by atoms with Crippen molar-refractivity contribution in [1.82, 2.24) is 9.80 Å². The predicted molar refractivity (Wildman–Crippen MR) is 97.5 cm³/mol. The number of carbonyl (C=O) groups is 1. The summed E-state index contributed by atoms with van der Waals surface area (Å²) in [5.74, 6) is 0.228. The van der Waals surface area contributed by atoms with Crippen molar-refractivity contribution in [2.45, 2.75) is 32.7 Å². The van der Waals surface area contributed by atoms with Gasteiger partial charge in [0, 0.05) is 57.6 Å². The van der Waals surface area contributed by atoms with E-state index in [1.54, 1.807) is 0 Å². The highest BCUT2D eigenvalue weighted by Crippen LogP contribution is 2.15. The molecule has 0 saturated carbocycles. The number of nitrogens with zero attached hydrogens (tertiary/aromatic N) is 3. The summed E-state index contributed by atoms with van der Waals surface area (Å²) in [6.07, 6.45) is 2.43. The van der Waals surface area contributed by atoms with Crippen LogP contribution in [0.1, 0.15) is 37.0 Å². The third-order valence-electron chi connectivity index (χ3n) is 4.94. The zero-order chi connectivity index (χ0) is 16.8. The van der Waals surface area contributed by atoms with Crippen LogP contribution in [0.3, 0.4) is 0 Å². The number of anilines is 1. The van der Waals surface area contributed by atoms with Crippen LogP contribution in [0.15, 0.2) is 24.3 Å². The summed E-state index contributed by atoms with van der Waals surface area (Å²) in [5.41, 5.74) is 1.94. The fourth-order valence-electron chi connectivity index (χ4n) is 3.33. The highest BCUT2D eigenvalue weighted by Gasteiger charge is 2.23. The van der Waals surface area contributed by atoms with Crippen molar-refractivity contribution >= 4 is 11.5 Å². The largest absolute Gasteiger partial charge is 0.378 e. The zero-order valence-electron chi connectivity index (χ0n) is 15.1. The van der Waals surface area contributed by atoms with Gasteiger partial charge in [0.05, 0.1) is 6.54 Å². The highest BCUT2D eigenvalue weighted by atomic mass is 16.1. The van der Waals surface area contributed by atoms with E-state index in [0.29, 0.717) is 12.6 Å². The van der Waals surface area contributed by atoms with Gasteiger partial charge in [0.2, 0.25) is 0 Å². The molecule has 4 nitrogen and oxygen atoms in total. The molecular weight excluding hydrogens is 286 g/mol. The van der Waals surface area contributed by atoms with Crippen molar-refractivity contribution in [1.29, 1.82) is 0 Å². The minimum Gasteiger partial charge on any atom is -0.378 e. The molecule has 0 unspecified atom stereocenters. The first kappa shape index (κ1) is 18.0. The van der Waals surface area contributed by atoms with Crippen LogP contribution in [0, 0.1) is 0 Å². The second-order valence-corrected chi connectivity index (χ2v) is 6.65. The van der Waals surface area contributed by atoms with Crippen LogP contribution in [-0.2, 0) is 0 Å². The van der Waals surface area contributed by atoms with E-state index in [1.165, 1.54) is 12.8 Å². The quantitative estimate of drug-likeness (QED) is 0.723. The third kappa shape index (κ3) is 4.79. The van der Waals surface area contributed by atoms with Gasteiger partial charge in [0.15, 0.2) is 5.78 Å². The molecule has 4 heteroatoms. The van der Waals surface area contributed by atoms with Crippen LogP contribution in [0.5, 0.6) is 0 Å². The Morgan fingerprint density at radius 1 is 1.04 bits per heavy atom. The van der Waals surface area contributed by atoms with Gasteiger partial charge in [-0.25, -0.2) is 0 Å². The number of carbonyl (C=O) groups excluding carboxylic acids is 1. The first-order valence-corrected chi connectivity index (χ1v) is 8.82. The number of Topliss-reactive ketones (excluding diaryl/α,β-unsaturated/α-hetero) is 1. The Bertz CT molecular complexity index is 486. The topological polar surface area (TPSA) is 26.8 Å². The van der Waals surface area contributed by atoms with Gasteiger partial charge in [0.1, 0.15) is 0 Å². The maximum atomic E-state index is 12.5. The van der Waals surface area contributed by atoms with Gasteiger partial charge in [0.25, 0.3) is 0 Å². The molecule has 0 spiro atoms. The number of hydrogen-bond donors (Lipinski definition) is 0. The van der Waals surface area contributed by atoms with Crippen molar-refractivity contribution in [3.05, 3.63) is 29.8 Å². The van der Waals surface area contributed by atoms with E-state index in [4.69, 9.17) is 0 Å². The minimum absolute atomic E-state index is 0.228. The van der Waals surface area contributed by atoms with E-state index in [-0.39, 0.29) is 5.78 Å². The summed E-state index contributed by atoms with van der Waals surface area (Å²) in [7, 11) is 4.02. The average Bonchev–Trinajstić information content (AvgIpc) is 2.57. The predicted octanol–water partition coefficient (Wildman–Crippen LogP) is 2.74. The van der Waals surface area contributed by atoms with Crippen LogP contribution in [0.4, 0.5) is 5.69 Å². The maximum absolute atomic E-state index is 12.5. The third-order valence-corrected chi connectivity index (χ3v) is 4.94. The van der Waals surface area contributed by atoms with Crippen LogP contribution < -0.4 is 4.90 Å². The number of rotatable bonds is 7. The summed E-state index contributed by atoms with van der Waals surface area (Å²) in [5, 5.41) is 0. The molecule has 0 atom stereocenters. The number of hydrogen-bond acceptors (Lipinski definition) is 4. The van der Waals surface area contributed by atoms with Gasteiger partial charge >= 0.3 is 0 Å². The summed E-state index contributed by atoms with van der Waals surface area (Å²) in [4.78, 5) is 19.4.